The summed E-state index contributed by atoms with van der Waals surface area (Å²) in [5, 5.41) is 2.16. The lowest BCUT2D eigenvalue weighted by atomic mass is 10.2. The van der Waals surface area contributed by atoms with Crippen LogP contribution in [0.4, 0.5) is 0 Å². The second-order valence-electron chi connectivity index (χ2n) is 2.73. The SMILES string of the molecule is CC1(Br)CSc2c(Br)csc21. The molecule has 0 aromatic carbocycles. The van der Waals surface area contributed by atoms with Crippen molar-refractivity contribution in [3.63, 3.8) is 0 Å². The van der Waals surface area contributed by atoms with Gasteiger partial charge in [0.1, 0.15) is 0 Å². The minimum Gasteiger partial charge on any atom is -0.145 e. The number of thioether (sulfide) groups is 1. The normalized spacial score (nSPS) is 29.0. The molecule has 1 atom stereocenters. The van der Waals surface area contributed by atoms with Crippen LogP contribution in [0.2, 0.25) is 0 Å². The molecule has 4 heteroatoms. The van der Waals surface area contributed by atoms with E-state index in [-0.39, 0.29) is 4.32 Å². The van der Waals surface area contributed by atoms with Crippen molar-refractivity contribution in [2.45, 2.75) is 16.1 Å². The Bertz CT molecular complexity index is 291. The van der Waals surface area contributed by atoms with Gasteiger partial charge in [-0.2, -0.15) is 0 Å². The minimum atomic E-state index is 0.212. The van der Waals surface area contributed by atoms with Crippen molar-refractivity contribution in [3.05, 3.63) is 14.7 Å². The molecule has 0 saturated carbocycles. The summed E-state index contributed by atoms with van der Waals surface area (Å²) >= 11 is 11.0. The van der Waals surface area contributed by atoms with Crippen LogP contribution >= 0.6 is 55.0 Å². The molecule has 0 bridgehead atoms. The third kappa shape index (κ3) is 1.32. The Morgan fingerprint density at radius 3 is 3.00 bits per heavy atom. The maximum Gasteiger partial charge on any atom is 0.0676 e. The van der Waals surface area contributed by atoms with Crippen LogP contribution in [0.15, 0.2) is 14.7 Å². The second-order valence-corrected chi connectivity index (χ2v) is 7.20. The first-order chi connectivity index (χ1) is 5.11. The van der Waals surface area contributed by atoms with E-state index in [0.29, 0.717) is 0 Å². The van der Waals surface area contributed by atoms with Crippen LogP contribution in [-0.2, 0) is 4.32 Å². The molecule has 0 fully saturated rings. The second kappa shape index (κ2) is 2.76. The van der Waals surface area contributed by atoms with Crippen LogP contribution in [0.1, 0.15) is 11.8 Å². The van der Waals surface area contributed by atoms with E-state index in [9.17, 15) is 0 Å². The predicted molar refractivity (Wildman–Crippen MR) is 59.0 cm³/mol. The highest BCUT2D eigenvalue weighted by atomic mass is 79.9. The molecule has 1 aliphatic heterocycles. The Morgan fingerprint density at radius 2 is 2.36 bits per heavy atom. The number of halogens is 2. The number of alkyl halides is 1. The fourth-order valence-corrected chi connectivity index (χ4v) is 5.47. The van der Waals surface area contributed by atoms with Crippen molar-refractivity contribution in [2.24, 2.45) is 0 Å². The van der Waals surface area contributed by atoms with Crippen molar-refractivity contribution in [3.8, 4) is 0 Å². The summed E-state index contributed by atoms with van der Waals surface area (Å²) in [6.45, 7) is 2.23. The minimum absolute atomic E-state index is 0.212. The average molecular weight is 314 g/mol. The van der Waals surface area contributed by atoms with Crippen molar-refractivity contribution in [1.29, 1.82) is 0 Å². The molecule has 0 amide bonds. The van der Waals surface area contributed by atoms with Gasteiger partial charge < -0.3 is 0 Å². The van der Waals surface area contributed by atoms with Gasteiger partial charge in [0.2, 0.25) is 0 Å². The summed E-state index contributed by atoms with van der Waals surface area (Å²) in [7, 11) is 0. The van der Waals surface area contributed by atoms with E-state index in [1.807, 2.05) is 23.1 Å². The van der Waals surface area contributed by atoms with Crippen LogP contribution in [0.25, 0.3) is 0 Å². The fourth-order valence-electron chi connectivity index (χ4n) is 1.09. The summed E-state index contributed by atoms with van der Waals surface area (Å²) in [4.78, 5) is 2.89. The lowest BCUT2D eigenvalue weighted by Gasteiger charge is -2.11. The molecule has 0 saturated heterocycles. The highest BCUT2D eigenvalue weighted by molar-refractivity contribution is 9.10. The topological polar surface area (TPSA) is 0 Å². The van der Waals surface area contributed by atoms with Crippen LogP contribution < -0.4 is 0 Å². The van der Waals surface area contributed by atoms with Gasteiger partial charge in [0.05, 0.1) is 4.32 Å². The molecule has 1 unspecified atom stereocenters. The molecule has 0 spiro atoms. The average Bonchev–Trinajstić information content (AvgIpc) is 2.39. The summed E-state index contributed by atoms with van der Waals surface area (Å²) < 4.78 is 1.47. The molecule has 0 nitrogen and oxygen atoms in total. The molecule has 2 rings (SSSR count). The standard InChI is InChI=1S/C7H6Br2S2/c1-7(9)3-11-5-4(8)2-10-6(5)7/h2H,3H2,1H3. The summed E-state index contributed by atoms with van der Waals surface area (Å²) in [6.07, 6.45) is 0. The third-order valence-corrected chi connectivity index (χ3v) is 6.97. The maximum atomic E-state index is 3.72. The monoisotopic (exact) mass is 312 g/mol. The van der Waals surface area contributed by atoms with Crippen molar-refractivity contribution in [2.75, 3.05) is 5.75 Å². The Labute approximate surface area is 91.0 Å². The first-order valence-electron chi connectivity index (χ1n) is 3.20. The van der Waals surface area contributed by atoms with Gasteiger partial charge in [-0.25, -0.2) is 0 Å². The van der Waals surface area contributed by atoms with Crippen molar-refractivity contribution >= 4 is 55.0 Å². The Morgan fingerprint density at radius 1 is 1.64 bits per heavy atom. The van der Waals surface area contributed by atoms with E-state index in [4.69, 9.17) is 0 Å². The summed E-state index contributed by atoms with van der Waals surface area (Å²) in [6, 6.07) is 0. The molecular weight excluding hydrogens is 308 g/mol. The van der Waals surface area contributed by atoms with Gasteiger partial charge in [-0.15, -0.1) is 23.1 Å². The molecule has 1 aromatic rings. The molecule has 0 radical (unpaired) electrons. The van der Waals surface area contributed by atoms with Gasteiger partial charge in [0.25, 0.3) is 0 Å². The number of rotatable bonds is 0. The van der Waals surface area contributed by atoms with Gasteiger partial charge in [-0.05, 0) is 22.9 Å². The molecule has 0 N–H and O–H groups in total. The van der Waals surface area contributed by atoms with Crippen LogP contribution in [-0.4, -0.2) is 5.75 Å². The molecule has 60 valence electrons. The number of hydrogen-bond acceptors (Lipinski definition) is 2. The van der Waals surface area contributed by atoms with Crippen molar-refractivity contribution in [1.82, 2.24) is 0 Å². The Balaban J connectivity index is 2.57. The zero-order valence-electron chi connectivity index (χ0n) is 5.86. The molecule has 1 aromatic heterocycles. The van der Waals surface area contributed by atoms with Gasteiger partial charge in [-0.3, -0.25) is 0 Å². The predicted octanol–water partition coefficient (Wildman–Crippen LogP) is 4.23. The highest BCUT2D eigenvalue weighted by Crippen LogP contribution is 2.53. The number of fused-ring (bicyclic) bond motifs is 1. The van der Waals surface area contributed by atoms with E-state index in [0.717, 1.165) is 5.75 Å². The van der Waals surface area contributed by atoms with Gasteiger partial charge in [0.15, 0.2) is 0 Å². The first-order valence-corrected chi connectivity index (χ1v) is 6.65. The quantitative estimate of drug-likeness (QED) is 0.646. The van der Waals surface area contributed by atoms with E-state index in [2.05, 4.69) is 44.2 Å². The van der Waals surface area contributed by atoms with E-state index in [1.165, 1.54) is 14.2 Å². The van der Waals surface area contributed by atoms with E-state index in [1.54, 1.807) is 0 Å². The van der Waals surface area contributed by atoms with Crippen LogP contribution in [0.3, 0.4) is 0 Å². The first kappa shape index (κ1) is 8.60. The Kier molecular flexibility index (Phi) is 2.15. The zero-order valence-corrected chi connectivity index (χ0v) is 10.7. The smallest absolute Gasteiger partial charge is 0.0676 e. The third-order valence-electron chi connectivity index (χ3n) is 1.66. The molecule has 1 aliphatic rings. The highest BCUT2D eigenvalue weighted by Gasteiger charge is 2.35. The maximum absolute atomic E-state index is 3.72. The summed E-state index contributed by atoms with van der Waals surface area (Å²) in [5.41, 5.74) is 0. The zero-order chi connectivity index (χ0) is 8.06. The summed E-state index contributed by atoms with van der Waals surface area (Å²) in [5.74, 6) is 1.15. The Hall–Kier alpha value is 1.01. The van der Waals surface area contributed by atoms with E-state index < -0.39 is 0 Å². The van der Waals surface area contributed by atoms with E-state index >= 15 is 0 Å². The van der Waals surface area contributed by atoms with Crippen molar-refractivity contribution < 1.29 is 0 Å². The largest absolute Gasteiger partial charge is 0.145 e. The molecule has 11 heavy (non-hydrogen) atoms. The lowest BCUT2D eigenvalue weighted by Crippen LogP contribution is -2.08. The molecular formula is C7H6Br2S2. The fraction of sp³-hybridized carbons (Fsp3) is 0.429. The van der Waals surface area contributed by atoms with Crippen LogP contribution in [0.5, 0.6) is 0 Å². The lowest BCUT2D eigenvalue weighted by molar-refractivity contribution is 0.843. The number of hydrogen-bond donors (Lipinski definition) is 0. The van der Waals surface area contributed by atoms with Crippen LogP contribution in [0, 0.1) is 0 Å². The van der Waals surface area contributed by atoms with Gasteiger partial charge >= 0.3 is 0 Å². The number of thiophene rings is 1. The molecule has 2 heterocycles. The molecule has 0 aliphatic carbocycles. The van der Waals surface area contributed by atoms with Gasteiger partial charge in [0, 0.05) is 25.4 Å². The van der Waals surface area contributed by atoms with Gasteiger partial charge in [-0.1, -0.05) is 15.9 Å².